The number of nitrogens with zero attached hydrogens (tertiary/aromatic N) is 1. The normalized spacial score (nSPS) is 21.1. The molecule has 1 aliphatic rings. The highest BCUT2D eigenvalue weighted by molar-refractivity contribution is 8.00. The Morgan fingerprint density at radius 1 is 1.44 bits per heavy atom. The number of hydrogen-bond donors (Lipinski definition) is 1. The topological polar surface area (TPSA) is 24.9 Å². The van der Waals surface area contributed by atoms with Crippen molar-refractivity contribution in [3.05, 3.63) is 29.6 Å². The molecular weight excluding hydrogens is 240 g/mol. The number of thioether (sulfide) groups is 1. The van der Waals surface area contributed by atoms with Crippen LogP contribution in [0, 0.1) is 0 Å². The van der Waals surface area contributed by atoms with Gasteiger partial charge in [0.25, 0.3) is 0 Å². The fraction of sp³-hybridized carbons (Fsp3) is 0.667. The van der Waals surface area contributed by atoms with Crippen molar-refractivity contribution < 1.29 is 0 Å². The van der Waals surface area contributed by atoms with E-state index in [1.165, 1.54) is 29.9 Å². The summed E-state index contributed by atoms with van der Waals surface area (Å²) in [6, 6.07) is 5.00. The van der Waals surface area contributed by atoms with E-state index < -0.39 is 0 Å². The van der Waals surface area contributed by atoms with Crippen LogP contribution >= 0.6 is 11.8 Å². The van der Waals surface area contributed by atoms with Crippen LogP contribution in [0.4, 0.5) is 0 Å². The van der Waals surface area contributed by atoms with Gasteiger partial charge in [-0.15, -0.1) is 0 Å². The van der Waals surface area contributed by atoms with Crippen LogP contribution in [-0.2, 0) is 12.8 Å². The minimum absolute atomic E-state index is 0.586. The van der Waals surface area contributed by atoms with Crippen LogP contribution in [0.25, 0.3) is 0 Å². The van der Waals surface area contributed by atoms with Crippen molar-refractivity contribution in [2.24, 2.45) is 0 Å². The third-order valence-corrected chi connectivity index (χ3v) is 5.12. The van der Waals surface area contributed by atoms with E-state index in [1.54, 1.807) is 0 Å². The smallest absolute Gasteiger partial charge is 0.0419 e. The van der Waals surface area contributed by atoms with E-state index in [0.29, 0.717) is 6.04 Å². The number of likely N-dealkylation sites (N-methyl/N-ethyl adjacent to an activating group) is 1. The van der Waals surface area contributed by atoms with Crippen LogP contribution in [0.5, 0.6) is 0 Å². The highest BCUT2D eigenvalue weighted by Gasteiger charge is 2.25. The number of pyridine rings is 1. The molecule has 0 spiro atoms. The fourth-order valence-corrected chi connectivity index (χ4v) is 3.92. The summed E-state index contributed by atoms with van der Waals surface area (Å²) >= 11 is 2.13. The van der Waals surface area contributed by atoms with Crippen molar-refractivity contribution in [3.63, 3.8) is 0 Å². The van der Waals surface area contributed by atoms with Gasteiger partial charge in [-0.2, -0.15) is 11.8 Å². The van der Waals surface area contributed by atoms with Crippen LogP contribution in [-0.4, -0.2) is 28.6 Å². The summed E-state index contributed by atoms with van der Waals surface area (Å²) in [5.74, 6) is 1.33. The number of rotatable bonds is 6. The number of hydrogen-bond acceptors (Lipinski definition) is 3. The van der Waals surface area contributed by atoms with E-state index in [9.17, 15) is 0 Å². The third kappa shape index (κ3) is 3.72. The lowest BCUT2D eigenvalue weighted by Gasteiger charge is -2.23. The molecule has 2 rings (SSSR count). The molecule has 0 bridgehead atoms. The number of aryl methyl sites for hydroxylation is 1. The molecule has 2 unspecified atom stereocenters. The molecular formula is C15H24N2S. The summed E-state index contributed by atoms with van der Waals surface area (Å²) in [5.41, 5.74) is 2.56. The predicted octanol–water partition coefficient (Wildman–Crippen LogP) is 3.06. The van der Waals surface area contributed by atoms with Gasteiger partial charge in [0.2, 0.25) is 0 Å². The number of nitrogens with one attached hydrogen (secondary N) is 1. The second kappa shape index (κ2) is 7.15. The van der Waals surface area contributed by atoms with Gasteiger partial charge in [0.1, 0.15) is 0 Å². The van der Waals surface area contributed by atoms with E-state index >= 15 is 0 Å². The van der Waals surface area contributed by atoms with Gasteiger partial charge in [-0.25, -0.2) is 0 Å². The van der Waals surface area contributed by atoms with Crippen molar-refractivity contribution in [3.8, 4) is 0 Å². The molecule has 0 saturated carbocycles. The Morgan fingerprint density at radius 3 is 2.89 bits per heavy atom. The molecule has 0 aliphatic carbocycles. The van der Waals surface area contributed by atoms with Crippen LogP contribution in [0.3, 0.4) is 0 Å². The summed E-state index contributed by atoms with van der Waals surface area (Å²) < 4.78 is 0. The van der Waals surface area contributed by atoms with Gasteiger partial charge in [-0.05, 0) is 43.2 Å². The highest BCUT2D eigenvalue weighted by atomic mass is 32.2. The molecule has 1 fully saturated rings. The zero-order valence-corrected chi connectivity index (χ0v) is 12.3. The predicted molar refractivity (Wildman–Crippen MR) is 80.3 cm³/mol. The highest BCUT2D eigenvalue weighted by Crippen LogP contribution is 2.29. The summed E-state index contributed by atoms with van der Waals surface area (Å²) in [7, 11) is 0. The average Bonchev–Trinajstić information content (AvgIpc) is 2.93. The zero-order valence-electron chi connectivity index (χ0n) is 11.5. The summed E-state index contributed by atoms with van der Waals surface area (Å²) in [5, 5.41) is 4.42. The maximum atomic E-state index is 4.59. The molecule has 1 aromatic heterocycles. The van der Waals surface area contributed by atoms with Gasteiger partial charge in [0, 0.05) is 29.6 Å². The first kappa shape index (κ1) is 13.9. The Balaban J connectivity index is 1.98. The monoisotopic (exact) mass is 264 g/mol. The van der Waals surface area contributed by atoms with Crippen LogP contribution < -0.4 is 5.32 Å². The SMILES string of the molecule is CCNC(Cc1ccc(CC)cn1)C1CCCS1. The second-order valence-electron chi connectivity index (χ2n) is 4.93. The van der Waals surface area contributed by atoms with E-state index in [1.807, 2.05) is 6.20 Å². The van der Waals surface area contributed by atoms with Gasteiger partial charge in [0.05, 0.1) is 0 Å². The molecule has 1 aromatic rings. The Bertz CT molecular complexity index is 344. The van der Waals surface area contributed by atoms with Gasteiger partial charge in [0.15, 0.2) is 0 Å². The fourth-order valence-electron chi connectivity index (χ4n) is 2.53. The molecule has 2 heterocycles. The standard InChI is InChI=1S/C15H24N2S/c1-3-12-7-8-13(17-11-12)10-14(16-4-2)15-6-5-9-18-15/h7-8,11,14-16H,3-6,9-10H2,1-2H3. The van der Waals surface area contributed by atoms with Crippen molar-refractivity contribution in [1.29, 1.82) is 0 Å². The maximum absolute atomic E-state index is 4.59. The molecule has 0 amide bonds. The molecule has 2 nitrogen and oxygen atoms in total. The van der Waals surface area contributed by atoms with E-state index in [2.05, 4.69) is 48.0 Å². The first-order valence-corrected chi connectivity index (χ1v) is 8.17. The van der Waals surface area contributed by atoms with E-state index in [0.717, 1.165) is 24.6 Å². The van der Waals surface area contributed by atoms with E-state index in [4.69, 9.17) is 0 Å². The minimum atomic E-state index is 0.586. The first-order valence-electron chi connectivity index (χ1n) is 7.12. The molecule has 1 N–H and O–H groups in total. The van der Waals surface area contributed by atoms with Crippen LogP contribution in [0.1, 0.15) is 37.9 Å². The van der Waals surface area contributed by atoms with Crippen LogP contribution in [0.15, 0.2) is 18.3 Å². The number of aromatic nitrogens is 1. The van der Waals surface area contributed by atoms with Crippen molar-refractivity contribution in [2.45, 2.75) is 50.8 Å². The molecule has 0 radical (unpaired) electrons. The Morgan fingerprint density at radius 2 is 2.33 bits per heavy atom. The molecule has 0 aromatic carbocycles. The molecule has 3 heteroatoms. The average molecular weight is 264 g/mol. The Hall–Kier alpha value is -0.540. The lowest BCUT2D eigenvalue weighted by Crippen LogP contribution is -2.39. The lowest BCUT2D eigenvalue weighted by molar-refractivity contribution is 0.491. The molecule has 100 valence electrons. The third-order valence-electron chi connectivity index (χ3n) is 3.60. The van der Waals surface area contributed by atoms with Crippen molar-refractivity contribution in [1.82, 2.24) is 10.3 Å². The summed E-state index contributed by atoms with van der Waals surface area (Å²) in [6.07, 6.45) is 6.90. The Labute approximate surface area is 115 Å². The van der Waals surface area contributed by atoms with Gasteiger partial charge >= 0.3 is 0 Å². The van der Waals surface area contributed by atoms with Gasteiger partial charge < -0.3 is 5.32 Å². The van der Waals surface area contributed by atoms with Gasteiger partial charge in [-0.1, -0.05) is 19.9 Å². The second-order valence-corrected chi connectivity index (χ2v) is 6.28. The zero-order chi connectivity index (χ0) is 12.8. The maximum Gasteiger partial charge on any atom is 0.0419 e. The molecule has 1 aliphatic heterocycles. The first-order chi connectivity index (χ1) is 8.83. The Kier molecular flexibility index (Phi) is 5.51. The quantitative estimate of drug-likeness (QED) is 0.855. The van der Waals surface area contributed by atoms with Crippen LogP contribution in [0.2, 0.25) is 0 Å². The van der Waals surface area contributed by atoms with Crippen molar-refractivity contribution in [2.75, 3.05) is 12.3 Å². The summed E-state index contributed by atoms with van der Waals surface area (Å²) in [6.45, 7) is 5.42. The lowest BCUT2D eigenvalue weighted by atomic mass is 10.0. The van der Waals surface area contributed by atoms with E-state index in [-0.39, 0.29) is 0 Å². The molecule has 2 atom stereocenters. The molecule has 18 heavy (non-hydrogen) atoms. The van der Waals surface area contributed by atoms with Gasteiger partial charge in [-0.3, -0.25) is 4.98 Å². The van der Waals surface area contributed by atoms with Crippen molar-refractivity contribution >= 4 is 11.8 Å². The largest absolute Gasteiger partial charge is 0.313 e. The molecule has 1 saturated heterocycles. The summed E-state index contributed by atoms with van der Waals surface area (Å²) in [4.78, 5) is 4.59. The minimum Gasteiger partial charge on any atom is -0.313 e.